The second kappa shape index (κ2) is 16.8. The van der Waals surface area contributed by atoms with Gasteiger partial charge in [0.05, 0.1) is 6.04 Å². The van der Waals surface area contributed by atoms with E-state index in [9.17, 15) is 29.4 Å². The van der Waals surface area contributed by atoms with Gasteiger partial charge in [0.15, 0.2) is 0 Å². The van der Waals surface area contributed by atoms with E-state index in [1.807, 2.05) is 6.26 Å². The van der Waals surface area contributed by atoms with Crippen LogP contribution in [0.3, 0.4) is 0 Å². The minimum Gasteiger partial charge on any atom is -0.508 e. The van der Waals surface area contributed by atoms with Crippen molar-refractivity contribution in [2.24, 2.45) is 17.4 Å². The highest BCUT2D eigenvalue weighted by Crippen LogP contribution is 2.13. The number of aliphatic carboxylic acids is 1. The smallest absolute Gasteiger partial charge is 0.326 e. The van der Waals surface area contributed by atoms with Crippen LogP contribution in [-0.2, 0) is 25.6 Å². The summed E-state index contributed by atoms with van der Waals surface area (Å²) in [5.41, 5.74) is 12.1. The fourth-order valence-electron chi connectivity index (χ4n) is 3.53. The average molecular weight is 540 g/mol. The van der Waals surface area contributed by atoms with Crippen LogP contribution in [0.15, 0.2) is 24.3 Å². The molecule has 37 heavy (non-hydrogen) atoms. The third-order valence-corrected chi connectivity index (χ3v) is 6.43. The van der Waals surface area contributed by atoms with Crippen molar-refractivity contribution >= 4 is 35.5 Å². The van der Waals surface area contributed by atoms with Gasteiger partial charge < -0.3 is 37.6 Å². The van der Waals surface area contributed by atoms with Crippen molar-refractivity contribution < 1.29 is 29.4 Å². The third kappa shape index (κ3) is 11.8. The zero-order chi connectivity index (χ0) is 28.0. The average Bonchev–Trinajstić information content (AvgIpc) is 2.85. The Morgan fingerprint density at radius 1 is 0.919 bits per heavy atom. The number of nitrogens with one attached hydrogen (secondary N) is 3. The fourth-order valence-corrected chi connectivity index (χ4v) is 4.02. The lowest BCUT2D eigenvalue weighted by atomic mass is 10.00. The van der Waals surface area contributed by atoms with Crippen molar-refractivity contribution in [3.63, 3.8) is 0 Å². The van der Waals surface area contributed by atoms with Gasteiger partial charge in [-0.15, -0.1) is 0 Å². The molecule has 12 heteroatoms. The number of hydrogen-bond acceptors (Lipinski definition) is 8. The molecule has 0 aromatic heterocycles. The number of unbranched alkanes of at least 4 members (excludes halogenated alkanes) is 1. The van der Waals surface area contributed by atoms with E-state index in [0.717, 1.165) is 0 Å². The van der Waals surface area contributed by atoms with Gasteiger partial charge in [-0.1, -0.05) is 26.0 Å². The largest absolute Gasteiger partial charge is 0.508 e. The van der Waals surface area contributed by atoms with E-state index in [1.54, 1.807) is 37.7 Å². The number of amides is 3. The molecule has 0 radical (unpaired) electrons. The van der Waals surface area contributed by atoms with Crippen molar-refractivity contribution in [2.75, 3.05) is 18.6 Å². The third-order valence-electron chi connectivity index (χ3n) is 5.79. The van der Waals surface area contributed by atoms with Gasteiger partial charge in [-0.3, -0.25) is 14.4 Å². The van der Waals surface area contributed by atoms with E-state index < -0.39 is 47.9 Å². The van der Waals surface area contributed by atoms with Crippen molar-refractivity contribution in [3.05, 3.63) is 29.8 Å². The molecule has 9 N–H and O–H groups in total. The molecule has 0 aliphatic heterocycles. The second-order valence-corrected chi connectivity index (χ2v) is 10.2. The summed E-state index contributed by atoms with van der Waals surface area (Å²) < 4.78 is 0. The number of rotatable bonds is 17. The van der Waals surface area contributed by atoms with Crippen LogP contribution in [0.2, 0.25) is 0 Å². The summed E-state index contributed by atoms with van der Waals surface area (Å²) in [7, 11) is 0. The Hall–Kier alpha value is -2.83. The Morgan fingerprint density at radius 3 is 2.08 bits per heavy atom. The molecule has 4 unspecified atom stereocenters. The molecule has 208 valence electrons. The van der Waals surface area contributed by atoms with Crippen LogP contribution in [0.4, 0.5) is 0 Å². The predicted octanol–water partition coefficient (Wildman–Crippen LogP) is 0.339. The highest BCUT2D eigenvalue weighted by molar-refractivity contribution is 7.98. The maximum atomic E-state index is 13.2. The number of hydrogen-bond donors (Lipinski definition) is 7. The van der Waals surface area contributed by atoms with Crippen molar-refractivity contribution in [1.82, 2.24) is 16.0 Å². The number of nitrogens with two attached hydrogens (primary N) is 2. The molecule has 0 bridgehead atoms. The molecular weight excluding hydrogens is 498 g/mol. The number of carbonyl (C=O) groups excluding carboxylic acids is 3. The highest BCUT2D eigenvalue weighted by atomic mass is 32.2. The standard InChI is InChI=1S/C25H41N5O6S/c1-15(2)21(30-22(32)18(27)11-13-37-3)24(34)29-20(14-16-7-9-17(31)10-8-16)23(33)28-19(25(35)36)6-4-5-12-26/h7-10,15,18-21,31H,4-6,11-14,26-27H2,1-3H3,(H,28,33)(H,29,34)(H,30,32)(H,35,36). The van der Waals surface area contributed by atoms with E-state index in [-0.39, 0.29) is 24.5 Å². The molecular formula is C25H41N5O6S. The molecule has 0 aliphatic carbocycles. The fraction of sp³-hybridized carbons (Fsp3) is 0.600. The van der Waals surface area contributed by atoms with Crippen LogP contribution in [-0.4, -0.2) is 76.6 Å². The first-order valence-electron chi connectivity index (χ1n) is 12.4. The number of carboxylic acids is 1. The van der Waals surface area contributed by atoms with Crippen LogP contribution in [0.5, 0.6) is 5.75 Å². The molecule has 0 spiro atoms. The normalized spacial score (nSPS) is 14.3. The van der Waals surface area contributed by atoms with E-state index in [0.29, 0.717) is 37.1 Å². The zero-order valence-corrected chi connectivity index (χ0v) is 22.6. The summed E-state index contributed by atoms with van der Waals surface area (Å²) in [5.74, 6) is -2.49. The van der Waals surface area contributed by atoms with Gasteiger partial charge in [0.1, 0.15) is 23.9 Å². The molecule has 0 fully saturated rings. The summed E-state index contributed by atoms with van der Waals surface area (Å²) >= 11 is 1.56. The molecule has 0 heterocycles. The molecule has 0 aliphatic rings. The van der Waals surface area contributed by atoms with Gasteiger partial charge in [-0.2, -0.15) is 11.8 Å². The minimum atomic E-state index is -1.19. The van der Waals surface area contributed by atoms with Gasteiger partial charge in [-0.25, -0.2) is 4.79 Å². The number of benzene rings is 1. The Bertz CT molecular complexity index is 883. The maximum Gasteiger partial charge on any atom is 0.326 e. The summed E-state index contributed by atoms with van der Waals surface area (Å²) in [5, 5.41) is 27.0. The van der Waals surface area contributed by atoms with E-state index in [2.05, 4.69) is 16.0 Å². The summed E-state index contributed by atoms with van der Waals surface area (Å²) in [6.07, 6.45) is 3.71. The van der Waals surface area contributed by atoms with E-state index in [4.69, 9.17) is 11.5 Å². The van der Waals surface area contributed by atoms with Crippen molar-refractivity contribution in [1.29, 1.82) is 0 Å². The first-order valence-corrected chi connectivity index (χ1v) is 13.8. The lowest BCUT2D eigenvalue weighted by molar-refractivity contribution is -0.142. The molecule has 0 saturated carbocycles. The van der Waals surface area contributed by atoms with E-state index in [1.165, 1.54) is 12.1 Å². The van der Waals surface area contributed by atoms with E-state index >= 15 is 0 Å². The van der Waals surface area contributed by atoms with Crippen molar-refractivity contribution in [3.8, 4) is 5.75 Å². The Balaban J connectivity index is 3.08. The SMILES string of the molecule is CSCCC(N)C(=O)NC(C(=O)NC(Cc1ccc(O)cc1)C(=O)NC(CCCCN)C(=O)O)C(C)C. The van der Waals surface area contributed by atoms with Gasteiger partial charge in [0.2, 0.25) is 17.7 Å². The second-order valence-electron chi connectivity index (χ2n) is 9.23. The number of aromatic hydroxyl groups is 1. The van der Waals surface area contributed by atoms with Crippen LogP contribution in [0.1, 0.15) is 45.1 Å². The molecule has 4 atom stereocenters. The monoisotopic (exact) mass is 539 g/mol. The summed E-state index contributed by atoms with van der Waals surface area (Å²) in [6, 6.07) is 2.10. The Labute approximate surface area is 222 Å². The van der Waals surface area contributed by atoms with Gasteiger partial charge in [0, 0.05) is 6.42 Å². The molecule has 11 nitrogen and oxygen atoms in total. The molecule has 1 aromatic rings. The van der Waals surface area contributed by atoms with Crippen LogP contribution in [0.25, 0.3) is 0 Å². The topological polar surface area (TPSA) is 197 Å². The van der Waals surface area contributed by atoms with Crippen LogP contribution in [0, 0.1) is 5.92 Å². The summed E-state index contributed by atoms with van der Waals surface area (Å²) in [4.78, 5) is 50.7. The molecule has 3 amide bonds. The van der Waals surface area contributed by atoms with Crippen LogP contribution < -0.4 is 27.4 Å². The minimum absolute atomic E-state index is 0.0407. The van der Waals surface area contributed by atoms with Crippen LogP contribution >= 0.6 is 11.8 Å². The molecule has 0 saturated heterocycles. The quantitative estimate of drug-likeness (QED) is 0.136. The van der Waals surface area contributed by atoms with Gasteiger partial charge >= 0.3 is 5.97 Å². The number of thioether (sulfide) groups is 1. The summed E-state index contributed by atoms with van der Waals surface area (Å²) in [6.45, 7) is 3.92. The number of carboxylic acid groups (broad SMARTS) is 1. The Kier molecular flexibility index (Phi) is 14.6. The zero-order valence-electron chi connectivity index (χ0n) is 21.7. The lowest BCUT2D eigenvalue weighted by Crippen LogP contribution is -2.58. The number of phenols is 1. The molecule has 1 rings (SSSR count). The molecule has 1 aromatic carbocycles. The first-order chi connectivity index (χ1) is 17.5. The number of phenolic OH excluding ortho intramolecular Hbond substituents is 1. The lowest BCUT2D eigenvalue weighted by Gasteiger charge is -2.27. The van der Waals surface area contributed by atoms with Gasteiger partial charge in [0.25, 0.3) is 0 Å². The van der Waals surface area contributed by atoms with Gasteiger partial charge in [-0.05, 0) is 67.9 Å². The maximum absolute atomic E-state index is 13.2. The highest BCUT2D eigenvalue weighted by Gasteiger charge is 2.31. The van der Waals surface area contributed by atoms with Crippen molar-refractivity contribution in [2.45, 2.75) is 70.1 Å². The number of carbonyl (C=O) groups is 4. The predicted molar refractivity (Wildman–Crippen MR) is 144 cm³/mol. The first kappa shape index (κ1) is 32.2. The Morgan fingerprint density at radius 2 is 1.54 bits per heavy atom.